The number of fused-ring (bicyclic) bond motifs is 2. The molecule has 2 unspecified atom stereocenters. The molecule has 2 aromatic rings. The van der Waals surface area contributed by atoms with Crippen molar-refractivity contribution in [2.75, 3.05) is 0 Å². The van der Waals surface area contributed by atoms with Crippen molar-refractivity contribution in [3.05, 3.63) is 71.8 Å². The third-order valence-electron chi connectivity index (χ3n) is 5.72. The van der Waals surface area contributed by atoms with Gasteiger partial charge in [-0.2, -0.15) is 0 Å². The molecule has 0 amide bonds. The largest absolute Gasteiger partial charge is 0.461 e. The summed E-state index contributed by atoms with van der Waals surface area (Å²) < 4.78 is 22.7. The van der Waals surface area contributed by atoms with E-state index in [0.29, 0.717) is 0 Å². The molecule has 0 aromatic heterocycles. The lowest BCUT2D eigenvalue weighted by Gasteiger charge is -2.35. The Bertz CT molecular complexity index is 889. The molecule has 2 aliphatic heterocycles. The molecule has 5 atom stereocenters. The number of hydrogen-bond acceptors (Lipinski definition) is 6. The molecule has 4 rings (SSSR count). The molecule has 154 valence electrons. The minimum atomic E-state index is -1.20. The van der Waals surface area contributed by atoms with E-state index in [1.54, 1.807) is 6.92 Å². The summed E-state index contributed by atoms with van der Waals surface area (Å²) >= 11 is 0. The van der Waals surface area contributed by atoms with Gasteiger partial charge < -0.3 is 18.9 Å². The summed E-state index contributed by atoms with van der Waals surface area (Å²) in [6.45, 7) is 2.04. The number of carbonyl (C=O) groups is 2. The van der Waals surface area contributed by atoms with E-state index in [-0.39, 0.29) is 19.6 Å². The average molecular weight is 406 g/mol. The summed E-state index contributed by atoms with van der Waals surface area (Å²) in [6.07, 6.45) is -1.30. The zero-order valence-corrected chi connectivity index (χ0v) is 16.7. The Hall–Kier alpha value is -2.64. The van der Waals surface area contributed by atoms with Crippen molar-refractivity contribution < 1.29 is 28.5 Å². The van der Waals surface area contributed by atoms with Crippen molar-refractivity contribution in [1.29, 1.82) is 0 Å². The Morgan fingerprint density at radius 2 is 1.53 bits per heavy atom. The highest BCUT2D eigenvalue weighted by atomic mass is 16.6. The maximum Gasteiger partial charge on any atom is 0.315 e. The van der Waals surface area contributed by atoms with E-state index in [1.807, 2.05) is 60.7 Å². The number of hydrogen-bond donors (Lipinski definition) is 0. The molecule has 2 heterocycles. The fourth-order valence-corrected chi connectivity index (χ4v) is 4.18. The van der Waals surface area contributed by atoms with Crippen LogP contribution in [0.4, 0.5) is 0 Å². The summed E-state index contributed by atoms with van der Waals surface area (Å²) in [5.41, 5.74) is 0.539. The number of carbonyl (C=O) groups excluding carboxylic acids is 2. The zero-order chi connectivity index (χ0) is 21.1. The van der Waals surface area contributed by atoms with Crippen molar-refractivity contribution in [1.82, 2.24) is 0 Å². The molecule has 0 spiro atoms. The average Bonchev–Trinajstić information content (AvgIpc) is 3.19. The van der Waals surface area contributed by atoms with Crippen LogP contribution in [0.2, 0.25) is 0 Å². The van der Waals surface area contributed by atoms with Gasteiger partial charge in [-0.15, -0.1) is 0 Å². The van der Waals surface area contributed by atoms with Gasteiger partial charge in [-0.25, -0.2) is 0 Å². The molecular formula is C23H23BO6. The van der Waals surface area contributed by atoms with Crippen LogP contribution in [0.1, 0.15) is 24.5 Å². The van der Waals surface area contributed by atoms with Gasteiger partial charge in [0.15, 0.2) is 0 Å². The van der Waals surface area contributed by atoms with Gasteiger partial charge in [0.2, 0.25) is 0 Å². The molecule has 6 nitrogen and oxygen atoms in total. The van der Waals surface area contributed by atoms with E-state index in [4.69, 9.17) is 26.8 Å². The summed E-state index contributed by atoms with van der Waals surface area (Å²) in [5, 5.41) is 0. The molecule has 0 N–H and O–H groups in total. The van der Waals surface area contributed by atoms with Crippen LogP contribution >= 0.6 is 0 Å². The second-order valence-electron chi connectivity index (χ2n) is 7.67. The Kier molecular flexibility index (Phi) is 5.93. The fraction of sp³-hybridized carbons (Fsp3) is 0.391. The van der Waals surface area contributed by atoms with Gasteiger partial charge in [-0.3, -0.25) is 9.59 Å². The molecule has 30 heavy (non-hydrogen) atoms. The van der Waals surface area contributed by atoms with Gasteiger partial charge in [0.05, 0.1) is 18.6 Å². The lowest BCUT2D eigenvalue weighted by Crippen LogP contribution is -2.48. The van der Waals surface area contributed by atoms with Gasteiger partial charge in [-0.1, -0.05) is 60.7 Å². The minimum Gasteiger partial charge on any atom is -0.461 e. The van der Waals surface area contributed by atoms with Gasteiger partial charge >= 0.3 is 11.9 Å². The lowest BCUT2D eigenvalue weighted by molar-refractivity contribution is -0.178. The quantitative estimate of drug-likeness (QED) is 0.520. The maximum atomic E-state index is 12.9. The summed E-state index contributed by atoms with van der Waals surface area (Å²) in [5.74, 6) is -1.77. The van der Waals surface area contributed by atoms with E-state index in [9.17, 15) is 9.59 Å². The maximum absolute atomic E-state index is 12.9. The molecule has 2 bridgehead atoms. The van der Waals surface area contributed by atoms with Crippen LogP contribution in [0.25, 0.3) is 0 Å². The Labute approximate surface area is 176 Å². The van der Waals surface area contributed by atoms with Crippen LogP contribution in [0.15, 0.2) is 60.7 Å². The first-order chi connectivity index (χ1) is 14.5. The van der Waals surface area contributed by atoms with Gasteiger partial charge in [-0.05, 0) is 18.1 Å². The van der Waals surface area contributed by atoms with Crippen molar-refractivity contribution in [2.24, 2.45) is 5.92 Å². The first kappa shape index (κ1) is 20.6. The van der Waals surface area contributed by atoms with E-state index in [2.05, 4.69) is 0 Å². The van der Waals surface area contributed by atoms with Crippen LogP contribution in [0.3, 0.4) is 0 Å². The molecule has 7 heteroatoms. The van der Waals surface area contributed by atoms with Crippen LogP contribution in [-0.4, -0.2) is 43.6 Å². The summed E-state index contributed by atoms with van der Waals surface area (Å²) in [6, 6.07) is 17.9. The third kappa shape index (κ3) is 4.00. The predicted molar refractivity (Wildman–Crippen MR) is 108 cm³/mol. The highest BCUT2D eigenvalue weighted by Crippen LogP contribution is 2.50. The monoisotopic (exact) mass is 406 g/mol. The van der Waals surface area contributed by atoms with Crippen molar-refractivity contribution in [3.63, 3.8) is 0 Å². The topological polar surface area (TPSA) is 71.1 Å². The fourth-order valence-electron chi connectivity index (χ4n) is 4.18. The molecule has 2 fully saturated rings. The number of rotatable bonds is 7. The van der Waals surface area contributed by atoms with Crippen LogP contribution in [0, 0.1) is 5.92 Å². The standard InChI is InChI=1S/C23H23BO6/c1-15-23(12-18(25)27-13-16-8-4-2-5-9-16)19(20(29-15)21(24)30-23)22(26)28-14-17-10-6-3-7-11-17/h2-11,15,19-21H,12-14H2,1H3/t15-,19?,20?,21+,23-/m0/s1. The van der Waals surface area contributed by atoms with Crippen LogP contribution in [-0.2, 0) is 41.8 Å². The SMILES string of the molecule is [B][C@@H]1O[C@]2(CC(=O)OCc3ccccc3)C(C(=O)OCc3ccccc3)C1O[C@H]2C. The number of ether oxygens (including phenoxy) is 4. The highest BCUT2D eigenvalue weighted by Gasteiger charge is 2.67. The van der Waals surface area contributed by atoms with Gasteiger partial charge in [0.1, 0.15) is 32.6 Å². The van der Waals surface area contributed by atoms with E-state index in [0.717, 1.165) is 11.1 Å². The van der Waals surface area contributed by atoms with E-state index < -0.39 is 41.7 Å². The van der Waals surface area contributed by atoms with Crippen molar-refractivity contribution >= 4 is 19.8 Å². The Morgan fingerprint density at radius 1 is 0.967 bits per heavy atom. The van der Waals surface area contributed by atoms with Crippen LogP contribution in [0.5, 0.6) is 0 Å². The van der Waals surface area contributed by atoms with Crippen LogP contribution < -0.4 is 0 Å². The predicted octanol–water partition coefficient (Wildman–Crippen LogP) is 2.53. The third-order valence-corrected chi connectivity index (χ3v) is 5.72. The number of esters is 2. The molecule has 0 aliphatic carbocycles. The van der Waals surface area contributed by atoms with Gasteiger partial charge in [0, 0.05) is 6.00 Å². The normalized spacial score (nSPS) is 29.5. The zero-order valence-electron chi connectivity index (χ0n) is 16.7. The molecule has 2 saturated heterocycles. The minimum absolute atomic E-state index is 0.126. The highest BCUT2D eigenvalue weighted by molar-refractivity contribution is 6.12. The van der Waals surface area contributed by atoms with E-state index in [1.165, 1.54) is 0 Å². The second kappa shape index (κ2) is 8.62. The number of benzene rings is 2. The molecule has 0 saturated carbocycles. The lowest BCUT2D eigenvalue weighted by atomic mass is 9.80. The summed E-state index contributed by atoms with van der Waals surface area (Å²) in [4.78, 5) is 25.6. The first-order valence-corrected chi connectivity index (χ1v) is 9.98. The smallest absolute Gasteiger partial charge is 0.315 e. The van der Waals surface area contributed by atoms with Gasteiger partial charge in [0.25, 0.3) is 0 Å². The Balaban J connectivity index is 1.44. The van der Waals surface area contributed by atoms with E-state index >= 15 is 0 Å². The molecule has 2 radical (unpaired) electrons. The van der Waals surface area contributed by atoms with Crippen molar-refractivity contribution in [2.45, 2.75) is 50.4 Å². The Morgan fingerprint density at radius 3 is 2.13 bits per heavy atom. The second-order valence-corrected chi connectivity index (χ2v) is 7.67. The summed E-state index contributed by atoms with van der Waals surface area (Å²) in [7, 11) is 6.04. The molecule has 2 aromatic carbocycles. The molecule has 2 aliphatic rings. The first-order valence-electron chi connectivity index (χ1n) is 9.98. The van der Waals surface area contributed by atoms with Crippen molar-refractivity contribution in [3.8, 4) is 0 Å². The molecular weight excluding hydrogens is 383 g/mol.